The van der Waals surface area contributed by atoms with Gasteiger partial charge in [0.1, 0.15) is 5.82 Å². The van der Waals surface area contributed by atoms with E-state index in [4.69, 9.17) is 4.42 Å². The van der Waals surface area contributed by atoms with Crippen LogP contribution in [0.25, 0.3) is 22.8 Å². The summed E-state index contributed by atoms with van der Waals surface area (Å²) >= 11 is 0. The third-order valence-corrected chi connectivity index (χ3v) is 5.80. The van der Waals surface area contributed by atoms with Gasteiger partial charge in [-0.25, -0.2) is 9.97 Å². The zero-order valence-corrected chi connectivity index (χ0v) is 20.1. The standard InChI is InChI=1S/C30H24N4O3/c1-2-20-11-13-22(14-12-20)28(35)32-24-17-15-21(16-18-24)27-26(29(36)33-25-10-6-7-19-31-25)34-30(37-27)23-8-4-3-5-9-23/h3-19H,2H2,1H3,(H,32,35)(H,31,33,36). The van der Waals surface area contributed by atoms with Gasteiger partial charge in [0.15, 0.2) is 11.5 Å². The number of pyridine rings is 1. The SMILES string of the molecule is CCc1ccc(C(=O)Nc2ccc(-c3oc(-c4ccccc4)nc3C(=O)Nc3ccccn3)cc2)cc1. The molecule has 0 spiro atoms. The number of benzene rings is 3. The van der Waals surface area contributed by atoms with Crippen molar-refractivity contribution >= 4 is 23.3 Å². The Morgan fingerprint density at radius 3 is 2.16 bits per heavy atom. The molecule has 182 valence electrons. The van der Waals surface area contributed by atoms with E-state index in [1.54, 1.807) is 48.7 Å². The number of rotatable bonds is 7. The molecule has 0 saturated heterocycles. The van der Waals surface area contributed by atoms with Crippen molar-refractivity contribution in [3.63, 3.8) is 0 Å². The number of oxazole rings is 1. The highest BCUT2D eigenvalue weighted by Gasteiger charge is 2.23. The summed E-state index contributed by atoms with van der Waals surface area (Å²) in [5.41, 5.74) is 3.90. The Hall–Kier alpha value is -5.04. The van der Waals surface area contributed by atoms with Gasteiger partial charge in [-0.05, 0) is 72.6 Å². The van der Waals surface area contributed by atoms with Crippen LogP contribution in [0.1, 0.15) is 33.3 Å². The van der Waals surface area contributed by atoms with Gasteiger partial charge in [0.2, 0.25) is 5.89 Å². The summed E-state index contributed by atoms with van der Waals surface area (Å²) in [6, 6.07) is 29.2. The Labute approximate surface area is 214 Å². The van der Waals surface area contributed by atoms with E-state index in [-0.39, 0.29) is 11.6 Å². The zero-order chi connectivity index (χ0) is 25.6. The fourth-order valence-electron chi connectivity index (χ4n) is 3.79. The first kappa shape index (κ1) is 23.7. The van der Waals surface area contributed by atoms with Crippen molar-refractivity contribution in [3.8, 4) is 22.8 Å². The minimum atomic E-state index is -0.437. The Morgan fingerprint density at radius 2 is 1.49 bits per heavy atom. The molecule has 0 bridgehead atoms. The number of nitrogens with zero attached hydrogens (tertiary/aromatic N) is 2. The third kappa shape index (κ3) is 5.46. The number of amides is 2. The number of hydrogen-bond donors (Lipinski definition) is 2. The molecule has 0 aliphatic heterocycles. The van der Waals surface area contributed by atoms with Crippen LogP contribution >= 0.6 is 0 Å². The van der Waals surface area contributed by atoms with Gasteiger partial charge in [-0.2, -0.15) is 0 Å². The van der Waals surface area contributed by atoms with Gasteiger partial charge in [0.05, 0.1) is 0 Å². The van der Waals surface area contributed by atoms with Gasteiger partial charge in [0, 0.05) is 28.6 Å². The Balaban J connectivity index is 1.42. The topological polar surface area (TPSA) is 97.1 Å². The molecule has 0 aliphatic carbocycles. The first-order valence-electron chi connectivity index (χ1n) is 11.9. The van der Waals surface area contributed by atoms with Crippen LogP contribution in [0.15, 0.2) is 108 Å². The van der Waals surface area contributed by atoms with Crippen LogP contribution < -0.4 is 10.6 Å². The lowest BCUT2D eigenvalue weighted by Gasteiger charge is -2.07. The minimum absolute atomic E-state index is 0.136. The molecule has 37 heavy (non-hydrogen) atoms. The molecule has 0 aliphatic rings. The Morgan fingerprint density at radius 1 is 0.757 bits per heavy atom. The lowest BCUT2D eigenvalue weighted by atomic mass is 10.1. The second kappa shape index (κ2) is 10.7. The van der Waals surface area contributed by atoms with Crippen LogP contribution in [0, 0.1) is 0 Å². The lowest BCUT2D eigenvalue weighted by molar-refractivity contribution is 0.101. The van der Waals surface area contributed by atoms with Crippen molar-refractivity contribution < 1.29 is 14.0 Å². The van der Waals surface area contributed by atoms with Crippen molar-refractivity contribution in [2.45, 2.75) is 13.3 Å². The summed E-state index contributed by atoms with van der Waals surface area (Å²) < 4.78 is 6.08. The summed E-state index contributed by atoms with van der Waals surface area (Å²) in [4.78, 5) is 34.4. The normalized spacial score (nSPS) is 10.6. The molecular formula is C30H24N4O3. The molecule has 2 amide bonds. The summed E-state index contributed by atoms with van der Waals surface area (Å²) in [6.07, 6.45) is 2.51. The van der Waals surface area contributed by atoms with E-state index >= 15 is 0 Å². The second-order valence-electron chi connectivity index (χ2n) is 8.31. The summed E-state index contributed by atoms with van der Waals surface area (Å²) in [5.74, 6) is 0.423. The van der Waals surface area contributed by atoms with Crippen LogP contribution in [0.3, 0.4) is 0 Å². The fourth-order valence-corrected chi connectivity index (χ4v) is 3.79. The molecule has 7 heteroatoms. The Kier molecular flexibility index (Phi) is 6.85. The van der Waals surface area contributed by atoms with Gasteiger partial charge >= 0.3 is 0 Å². The number of carbonyl (C=O) groups is 2. The minimum Gasteiger partial charge on any atom is -0.435 e. The second-order valence-corrected chi connectivity index (χ2v) is 8.31. The number of hydrogen-bond acceptors (Lipinski definition) is 5. The highest BCUT2D eigenvalue weighted by atomic mass is 16.4. The molecule has 0 saturated carbocycles. The number of aromatic nitrogens is 2. The van der Waals surface area contributed by atoms with Crippen molar-refractivity contribution in [2.24, 2.45) is 0 Å². The molecule has 5 rings (SSSR count). The number of nitrogens with one attached hydrogen (secondary N) is 2. The van der Waals surface area contributed by atoms with E-state index in [1.165, 1.54) is 5.56 Å². The molecule has 0 atom stereocenters. The molecule has 2 heterocycles. The van der Waals surface area contributed by atoms with E-state index in [0.29, 0.717) is 34.3 Å². The molecular weight excluding hydrogens is 464 g/mol. The van der Waals surface area contributed by atoms with Crippen LogP contribution in [-0.4, -0.2) is 21.8 Å². The molecule has 7 nitrogen and oxygen atoms in total. The van der Waals surface area contributed by atoms with Crippen molar-refractivity contribution in [2.75, 3.05) is 10.6 Å². The van der Waals surface area contributed by atoms with Gasteiger partial charge in [-0.15, -0.1) is 0 Å². The summed E-state index contributed by atoms with van der Waals surface area (Å²) in [7, 11) is 0. The van der Waals surface area contributed by atoms with E-state index in [0.717, 1.165) is 12.0 Å². The van der Waals surface area contributed by atoms with Gasteiger partial charge in [-0.3, -0.25) is 9.59 Å². The number of aryl methyl sites for hydroxylation is 1. The number of carbonyl (C=O) groups excluding carboxylic acids is 2. The smallest absolute Gasteiger partial charge is 0.279 e. The fraction of sp³-hybridized carbons (Fsp3) is 0.0667. The van der Waals surface area contributed by atoms with Crippen LogP contribution in [0.2, 0.25) is 0 Å². The zero-order valence-electron chi connectivity index (χ0n) is 20.1. The largest absolute Gasteiger partial charge is 0.435 e. The maximum atomic E-state index is 13.1. The summed E-state index contributed by atoms with van der Waals surface area (Å²) in [5, 5.41) is 5.67. The molecule has 0 unspecified atom stereocenters. The summed E-state index contributed by atoms with van der Waals surface area (Å²) in [6.45, 7) is 2.07. The maximum absolute atomic E-state index is 13.1. The average Bonchev–Trinajstić information content (AvgIpc) is 3.40. The van der Waals surface area contributed by atoms with Crippen LogP contribution in [0.4, 0.5) is 11.5 Å². The predicted molar refractivity (Wildman–Crippen MR) is 143 cm³/mol. The predicted octanol–water partition coefficient (Wildman–Crippen LogP) is 6.47. The monoisotopic (exact) mass is 488 g/mol. The van der Waals surface area contributed by atoms with Gasteiger partial charge in [-0.1, -0.05) is 43.3 Å². The van der Waals surface area contributed by atoms with E-state index in [2.05, 4.69) is 27.5 Å². The molecule has 0 radical (unpaired) electrons. The molecule has 2 N–H and O–H groups in total. The van der Waals surface area contributed by atoms with E-state index in [1.807, 2.05) is 54.6 Å². The van der Waals surface area contributed by atoms with E-state index < -0.39 is 5.91 Å². The quantitative estimate of drug-likeness (QED) is 0.274. The van der Waals surface area contributed by atoms with Gasteiger partial charge < -0.3 is 15.1 Å². The molecule has 5 aromatic rings. The Bertz CT molecular complexity index is 1510. The molecule has 0 fully saturated rings. The van der Waals surface area contributed by atoms with E-state index in [9.17, 15) is 9.59 Å². The average molecular weight is 489 g/mol. The van der Waals surface area contributed by atoms with Crippen molar-refractivity contribution in [3.05, 3.63) is 120 Å². The van der Waals surface area contributed by atoms with Crippen molar-refractivity contribution in [1.82, 2.24) is 9.97 Å². The van der Waals surface area contributed by atoms with Crippen LogP contribution in [-0.2, 0) is 6.42 Å². The maximum Gasteiger partial charge on any atom is 0.279 e. The van der Waals surface area contributed by atoms with Crippen LogP contribution in [0.5, 0.6) is 0 Å². The number of anilines is 2. The molecule has 2 aromatic heterocycles. The molecule has 3 aromatic carbocycles. The third-order valence-electron chi connectivity index (χ3n) is 5.80. The highest BCUT2D eigenvalue weighted by molar-refractivity contribution is 6.07. The lowest BCUT2D eigenvalue weighted by Crippen LogP contribution is -2.14. The first-order chi connectivity index (χ1) is 18.1. The highest BCUT2D eigenvalue weighted by Crippen LogP contribution is 2.31. The first-order valence-corrected chi connectivity index (χ1v) is 11.9. The van der Waals surface area contributed by atoms with Crippen molar-refractivity contribution in [1.29, 1.82) is 0 Å². The van der Waals surface area contributed by atoms with Gasteiger partial charge in [0.25, 0.3) is 11.8 Å².